The van der Waals surface area contributed by atoms with Gasteiger partial charge in [0.05, 0.1) is 16.5 Å². The summed E-state index contributed by atoms with van der Waals surface area (Å²) in [5.74, 6) is -0.192. The smallest absolute Gasteiger partial charge is 0.257 e. The van der Waals surface area contributed by atoms with E-state index in [1.165, 1.54) is 16.4 Å². The maximum atomic E-state index is 12.7. The van der Waals surface area contributed by atoms with E-state index < -0.39 is 0 Å². The number of benzene rings is 1. The lowest BCUT2D eigenvalue weighted by atomic mass is 10.1. The number of aromatic nitrogens is 1. The lowest BCUT2D eigenvalue weighted by molar-refractivity contribution is -0.127. The molecule has 0 aliphatic heterocycles. The first-order chi connectivity index (χ1) is 11.6. The van der Waals surface area contributed by atoms with E-state index in [1.807, 2.05) is 11.5 Å². The molecule has 1 aliphatic rings. The Kier molecular flexibility index (Phi) is 5.89. The highest BCUT2D eigenvalue weighted by atomic mass is 35.5. The van der Waals surface area contributed by atoms with E-state index in [2.05, 4.69) is 11.1 Å². The Bertz CT molecular complexity index is 734. The zero-order valence-electron chi connectivity index (χ0n) is 12.8. The van der Waals surface area contributed by atoms with Crippen molar-refractivity contribution >= 4 is 45.6 Å². The van der Waals surface area contributed by atoms with Crippen LogP contribution in [-0.2, 0) is 16.1 Å². The average Bonchev–Trinajstić information content (AvgIpc) is 3.11. The molecule has 24 heavy (non-hydrogen) atoms. The van der Waals surface area contributed by atoms with Crippen LogP contribution in [0.5, 0.6) is 0 Å². The van der Waals surface area contributed by atoms with Crippen LogP contribution in [0.25, 0.3) is 0 Å². The zero-order valence-corrected chi connectivity index (χ0v) is 15.2. The van der Waals surface area contributed by atoms with Gasteiger partial charge in [-0.2, -0.15) is 5.06 Å². The normalized spacial score (nSPS) is 17.0. The van der Waals surface area contributed by atoms with E-state index >= 15 is 0 Å². The van der Waals surface area contributed by atoms with Gasteiger partial charge in [0.15, 0.2) is 0 Å². The standard InChI is InChI=1S/C17H16Cl2N2O2S/c18-14-7-6-12(10-15(14)19)11-16(22)21(17-20-8-9-24-17)23-13-4-2-1-3-5-13/h2,4,6-10,13H,1,3,5,11H2. The molecule has 1 aliphatic carbocycles. The first-order valence-electron chi connectivity index (χ1n) is 7.63. The third kappa shape index (κ3) is 4.36. The Morgan fingerprint density at radius 1 is 1.38 bits per heavy atom. The van der Waals surface area contributed by atoms with Crippen molar-refractivity contribution in [2.24, 2.45) is 0 Å². The maximum Gasteiger partial charge on any atom is 0.257 e. The van der Waals surface area contributed by atoms with Gasteiger partial charge in [0.1, 0.15) is 6.10 Å². The number of hydrogen-bond donors (Lipinski definition) is 0. The van der Waals surface area contributed by atoms with Crippen LogP contribution in [-0.4, -0.2) is 17.0 Å². The summed E-state index contributed by atoms with van der Waals surface area (Å²) < 4.78 is 0. The maximum absolute atomic E-state index is 12.7. The molecule has 3 rings (SSSR count). The molecule has 126 valence electrons. The third-order valence-electron chi connectivity index (χ3n) is 3.61. The second kappa shape index (κ2) is 8.12. The molecular weight excluding hydrogens is 367 g/mol. The highest BCUT2D eigenvalue weighted by Crippen LogP contribution is 2.26. The van der Waals surface area contributed by atoms with E-state index in [0.29, 0.717) is 15.2 Å². The molecular formula is C17H16Cl2N2O2S. The van der Waals surface area contributed by atoms with Crippen LogP contribution in [0.2, 0.25) is 10.0 Å². The Morgan fingerprint density at radius 3 is 2.92 bits per heavy atom. The van der Waals surface area contributed by atoms with Gasteiger partial charge in [-0.15, -0.1) is 11.3 Å². The van der Waals surface area contributed by atoms with Crippen LogP contribution < -0.4 is 5.06 Å². The molecule has 4 nitrogen and oxygen atoms in total. The van der Waals surface area contributed by atoms with E-state index in [1.54, 1.807) is 24.4 Å². The minimum Gasteiger partial charge on any atom is -0.272 e. The Morgan fingerprint density at radius 2 is 2.25 bits per heavy atom. The second-order valence-electron chi connectivity index (χ2n) is 5.43. The van der Waals surface area contributed by atoms with Crippen molar-refractivity contribution in [3.63, 3.8) is 0 Å². The van der Waals surface area contributed by atoms with Crippen LogP contribution in [0.3, 0.4) is 0 Å². The van der Waals surface area contributed by atoms with Crippen molar-refractivity contribution in [1.82, 2.24) is 4.98 Å². The monoisotopic (exact) mass is 382 g/mol. The second-order valence-corrected chi connectivity index (χ2v) is 7.12. The largest absolute Gasteiger partial charge is 0.272 e. The van der Waals surface area contributed by atoms with Crippen molar-refractivity contribution in [2.75, 3.05) is 5.06 Å². The average molecular weight is 383 g/mol. The number of carbonyl (C=O) groups is 1. The van der Waals surface area contributed by atoms with Crippen LogP contribution in [0.1, 0.15) is 24.8 Å². The number of anilines is 1. The number of thiazole rings is 1. The number of rotatable bonds is 5. The first kappa shape index (κ1) is 17.4. The van der Waals surface area contributed by atoms with E-state index in [-0.39, 0.29) is 18.4 Å². The lowest BCUT2D eigenvalue weighted by Gasteiger charge is -2.25. The van der Waals surface area contributed by atoms with Gasteiger partial charge in [-0.1, -0.05) is 41.4 Å². The third-order valence-corrected chi connectivity index (χ3v) is 5.09. The molecule has 0 saturated heterocycles. The minimum atomic E-state index is -0.192. The number of carbonyl (C=O) groups excluding carboxylic acids is 1. The lowest BCUT2D eigenvalue weighted by Crippen LogP contribution is -2.36. The summed E-state index contributed by atoms with van der Waals surface area (Å²) in [6, 6.07) is 5.17. The number of halogens is 2. The van der Waals surface area contributed by atoms with E-state index in [4.69, 9.17) is 28.0 Å². The van der Waals surface area contributed by atoms with Gasteiger partial charge in [0.2, 0.25) is 5.13 Å². The Hall–Kier alpha value is -1.40. The summed E-state index contributed by atoms with van der Waals surface area (Å²) in [5.41, 5.74) is 0.777. The Balaban J connectivity index is 1.76. The first-order valence-corrected chi connectivity index (χ1v) is 9.27. The summed E-state index contributed by atoms with van der Waals surface area (Å²) in [6.45, 7) is 0. The van der Waals surface area contributed by atoms with E-state index in [9.17, 15) is 4.79 Å². The van der Waals surface area contributed by atoms with Crippen LogP contribution in [0.15, 0.2) is 41.9 Å². The fourth-order valence-electron chi connectivity index (χ4n) is 2.43. The molecule has 0 fully saturated rings. The van der Waals surface area contributed by atoms with Crippen LogP contribution >= 0.6 is 34.5 Å². The molecule has 0 radical (unpaired) electrons. The molecule has 1 unspecified atom stereocenters. The summed E-state index contributed by atoms with van der Waals surface area (Å²) >= 11 is 13.3. The summed E-state index contributed by atoms with van der Waals surface area (Å²) in [5, 5.41) is 4.54. The van der Waals surface area contributed by atoms with Crippen molar-refractivity contribution in [1.29, 1.82) is 0 Å². The minimum absolute atomic E-state index is 0.111. The topological polar surface area (TPSA) is 42.4 Å². The van der Waals surface area contributed by atoms with Gasteiger partial charge >= 0.3 is 0 Å². The number of hydrogen-bond acceptors (Lipinski definition) is 4. The number of hydroxylamine groups is 1. The fourth-order valence-corrected chi connectivity index (χ4v) is 3.35. The highest BCUT2D eigenvalue weighted by molar-refractivity contribution is 7.13. The predicted octanol–water partition coefficient (Wildman–Crippen LogP) is 5.07. The number of allylic oxidation sites excluding steroid dienone is 1. The van der Waals surface area contributed by atoms with Gasteiger partial charge in [-0.25, -0.2) is 4.98 Å². The molecule has 2 aromatic rings. The van der Waals surface area contributed by atoms with Crippen LogP contribution in [0.4, 0.5) is 5.13 Å². The molecule has 0 bridgehead atoms. The van der Waals surface area contributed by atoms with Gasteiger partial charge in [-0.05, 0) is 37.0 Å². The Labute approximate surface area is 154 Å². The van der Waals surface area contributed by atoms with Gasteiger partial charge < -0.3 is 0 Å². The number of amides is 1. The summed E-state index contributed by atoms with van der Waals surface area (Å²) in [6.07, 6.45) is 8.77. The molecule has 0 saturated carbocycles. The van der Waals surface area contributed by atoms with E-state index in [0.717, 1.165) is 24.8 Å². The van der Waals surface area contributed by atoms with Crippen molar-refractivity contribution in [3.05, 3.63) is 57.5 Å². The SMILES string of the molecule is O=C(Cc1ccc(Cl)c(Cl)c1)N(OC1C=CCCC1)c1nccs1. The molecule has 1 aromatic heterocycles. The fraction of sp³-hybridized carbons (Fsp3) is 0.294. The molecule has 1 heterocycles. The quantitative estimate of drug-likeness (QED) is 0.535. The molecule has 7 heteroatoms. The molecule has 1 atom stereocenters. The van der Waals surface area contributed by atoms with Gasteiger partial charge in [0, 0.05) is 11.6 Å². The van der Waals surface area contributed by atoms with Crippen molar-refractivity contribution in [2.45, 2.75) is 31.8 Å². The van der Waals surface area contributed by atoms with Gasteiger partial charge in [-0.3, -0.25) is 9.63 Å². The van der Waals surface area contributed by atoms with Crippen LogP contribution in [0, 0.1) is 0 Å². The molecule has 1 amide bonds. The molecule has 0 N–H and O–H groups in total. The summed E-state index contributed by atoms with van der Waals surface area (Å²) in [7, 11) is 0. The van der Waals surface area contributed by atoms with Crippen molar-refractivity contribution < 1.29 is 9.63 Å². The number of nitrogens with zero attached hydrogens (tertiary/aromatic N) is 2. The molecule has 1 aromatic carbocycles. The summed E-state index contributed by atoms with van der Waals surface area (Å²) in [4.78, 5) is 22.9. The highest BCUT2D eigenvalue weighted by Gasteiger charge is 2.24. The zero-order chi connectivity index (χ0) is 16.9. The predicted molar refractivity (Wildman–Crippen MR) is 97.6 cm³/mol. The van der Waals surface area contributed by atoms with Crippen molar-refractivity contribution in [3.8, 4) is 0 Å². The molecule has 0 spiro atoms. The van der Waals surface area contributed by atoms with Gasteiger partial charge in [0.25, 0.3) is 5.91 Å².